The molecule has 4 amide bonds. The minimum Gasteiger partial charge on any atom is -0.494 e. The fraction of sp³-hybridized carbons (Fsp3) is 0.227. The Balaban J connectivity index is 1.45. The van der Waals surface area contributed by atoms with Gasteiger partial charge >= 0.3 is 6.03 Å². The maximum Gasteiger partial charge on any atom is 0.319 e. The highest BCUT2D eigenvalue weighted by Gasteiger charge is 2.30. The first-order chi connectivity index (χ1) is 14.8. The van der Waals surface area contributed by atoms with E-state index in [1.54, 1.807) is 30.5 Å². The maximum atomic E-state index is 12.2. The predicted octanol–water partition coefficient (Wildman–Crippen LogP) is 3.61. The number of benzene rings is 2. The van der Waals surface area contributed by atoms with Crippen molar-refractivity contribution in [2.24, 2.45) is 0 Å². The van der Waals surface area contributed by atoms with Crippen molar-refractivity contribution in [2.45, 2.75) is 32.4 Å². The number of fused-ring (bicyclic) bond motifs is 1. The van der Waals surface area contributed by atoms with Crippen molar-refractivity contribution in [3.8, 4) is 5.88 Å². The van der Waals surface area contributed by atoms with E-state index in [1.165, 1.54) is 4.57 Å². The number of anilines is 1. The third-order valence-corrected chi connectivity index (χ3v) is 5.72. The van der Waals surface area contributed by atoms with Crippen LogP contribution in [-0.2, 0) is 16.1 Å². The van der Waals surface area contributed by atoms with E-state index >= 15 is 0 Å². The molecule has 0 saturated carbocycles. The molecule has 0 spiro atoms. The largest absolute Gasteiger partial charge is 0.494 e. The molecule has 0 aliphatic carbocycles. The predicted molar refractivity (Wildman–Crippen MR) is 117 cm³/mol. The van der Waals surface area contributed by atoms with Crippen LogP contribution in [0.5, 0.6) is 5.88 Å². The number of nitrogens with zero attached hydrogens (tertiary/aromatic N) is 1. The summed E-state index contributed by atoms with van der Waals surface area (Å²) < 4.78 is 1.48. The van der Waals surface area contributed by atoms with Gasteiger partial charge in [-0.05, 0) is 48.7 Å². The number of carbonyl (C=O) groups excluding carboxylic acids is 3. The zero-order chi connectivity index (χ0) is 22.1. The number of hydrogen-bond acceptors (Lipinski definition) is 4. The van der Waals surface area contributed by atoms with Crippen LogP contribution in [0.1, 0.15) is 30.0 Å². The van der Waals surface area contributed by atoms with E-state index < -0.39 is 11.9 Å². The van der Waals surface area contributed by atoms with Crippen molar-refractivity contribution in [3.63, 3.8) is 0 Å². The molecule has 9 heteroatoms. The van der Waals surface area contributed by atoms with E-state index in [9.17, 15) is 19.5 Å². The number of aromatic nitrogens is 1. The van der Waals surface area contributed by atoms with Gasteiger partial charge in [-0.15, -0.1) is 0 Å². The number of amides is 4. The number of aromatic hydroxyl groups is 1. The van der Waals surface area contributed by atoms with Gasteiger partial charge in [-0.2, -0.15) is 0 Å². The molecule has 2 aromatic carbocycles. The average Bonchev–Trinajstić information content (AvgIpc) is 3.05. The summed E-state index contributed by atoms with van der Waals surface area (Å²) in [5.74, 6) is -0.767. The van der Waals surface area contributed by atoms with Crippen LogP contribution < -0.4 is 16.0 Å². The van der Waals surface area contributed by atoms with Gasteiger partial charge in [0.05, 0.1) is 0 Å². The fourth-order valence-electron chi connectivity index (χ4n) is 3.60. The van der Waals surface area contributed by atoms with Gasteiger partial charge in [0.2, 0.25) is 11.8 Å². The third-order valence-electron chi connectivity index (χ3n) is 5.31. The van der Waals surface area contributed by atoms with Crippen LogP contribution in [0.25, 0.3) is 10.8 Å². The van der Waals surface area contributed by atoms with Crippen LogP contribution in [-0.4, -0.2) is 27.5 Å². The number of nitrogens with one attached hydrogen (secondary N) is 3. The Labute approximate surface area is 183 Å². The second kappa shape index (κ2) is 8.31. The number of piperidine rings is 1. The molecule has 3 aromatic rings. The SMILES string of the molecule is Cc1ccc(NC(=O)NCc2ccc3c(O)n(C4CCC(=O)NC4=O)cc3c2)cc1Cl. The van der Waals surface area contributed by atoms with E-state index in [1.807, 2.05) is 19.1 Å². The molecule has 1 saturated heterocycles. The summed E-state index contributed by atoms with van der Waals surface area (Å²) in [6.45, 7) is 2.15. The maximum absolute atomic E-state index is 12.2. The number of halogens is 1. The Morgan fingerprint density at radius 2 is 2.06 bits per heavy atom. The molecule has 2 heterocycles. The molecule has 160 valence electrons. The Hall–Kier alpha value is -3.52. The van der Waals surface area contributed by atoms with E-state index in [0.29, 0.717) is 22.5 Å². The normalized spacial score (nSPS) is 16.3. The lowest BCUT2D eigenvalue weighted by Gasteiger charge is -2.22. The molecule has 31 heavy (non-hydrogen) atoms. The minimum atomic E-state index is -0.640. The lowest BCUT2D eigenvalue weighted by atomic mass is 10.1. The summed E-state index contributed by atoms with van der Waals surface area (Å²) in [5, 5.41) is 20.2. The number of urea groups is 1. The van der Waals surface area contributed by atoms with Crippen molar-refractivity contribution in [3.05, 3.63) is 58.7 Å². The zero-order valence-electron chi connectivity index (χ0n) is 16.7. The number of rotatable bonds is 4. The summed E-state index contributed by atoms with van der Waals surface area (Å²) in [7, 11) is 0. The van der Waals surface area contributed by atoms with Crippen LogP contribution in [0, 0.1) is 6.92 Å². The summed E-state index contributed by atoms with van der Waals surface area (Å²) >= 11 is 6.08. The standard InChI is InChI=1S/C22H21ClN4O4/c1-12-2-4-15(9-17(12)23)25-22(31)24-10-13-3-5-16-14(8-13)11-27(21(16)30)18-6-7-19(28)26-20(18)29/h2-5,8-9,11,18,30H,6-7,10H2,1H3,(H2,24,25,31)(H,26,28,29). The zero-order valence-corrected chi connectivity index (χ0v) is 17.5. The fourth-order valence-corrected chi connectivity index (χ4v) is 3.78. The smallest absolute Gasteiger partial charge is 0.319 e. The summed E-state index contributed by atoms with van der Waals surface area (Å²) in [4.78, 5) is 35.7. The Bertz CT molecular complexity index is 1200. The number of carbonyl (C=O) groups is 3. The molecule has 1 fully saturated rings. The Morgan fingerprint density at radius 3 is 2.81 bits per heavy atom. The van der Waals surface area contributed by atoms with Crippen molar-refractivity contribution in [1.29, 1.82) is 0 Å². The first-order valence-corrected chi connectivity index (χ1v) is 10.2. The molecule has 1 unspecified atom stereocenters. The van der Waals surface area contributed by atoms with Gasteiger partial charge < -0.3 is 20.3 Å². The molecule has 4 rings (SSSR count). The molecule has 1 atom stereocenters. The van der Waals surface area contributed by atoms with Crippen LogP contribution in [0.3, 0.4) is 0 Å². The molecule has 0 bridgehead atoms. The summed E-state index contributed by atoms with van der Waals surface area (Å²) in [6, 6.07) is 9.63. The molecular weight excluding hydrogens is 420 g/mol. The van der Waals surface area contributed by atoms with Crippen LogP contribution in [0.2, 0.25) is 5.02 Å². The molecule has 1 aliphatic heterocycles. The van der Waals surface area contributed by atoms with Gasteiger partial charge in [0.25, 0.3) is 0 Å². The van der Waals surface area contributed by atoms with Gasteiger partial charge in [-0.3, -0.25) is 14.9 Å². The second-order valence-corrected chi connectivity index (χ2v) is 7.93. The van der Waals surface area contributed by atoms with Gasteiger partial charge in [0, 0.05) is 40.6 Å². The first-order valence-electron chi connectivity index (χ1n) is 9.79. The van der Waals surface area contributed by atoms with Crippen LogP contribution in [0.4, 0.5) is 10.5 Å². The Morgan fingerprint density at radius 1 is 1.26 bits per heavy atom. The summed E-state index contributed by atoms with van der Waals surface area (Å²) in [6.07, 6.45) is 2.24. The van der Waals surface area contributed by atoms with E-state index in [2.05, 4.69) is 16.0 Å². The van der Waals surface area contributed by atoms with Gasteiger partial charge in [0.1, 0.15) is 6.04 Å². The molecular formula is C22H21ClN4O4. The monoisotopic (exact) mass is 440 g/mol. The number of aryl methyl sites for hydroxylation is 1. The van der Waals surface area contributed by atoms with Gasteiger partial charge in [0.15, 0.2) is 5.88 Å². The van der Waals surface area contributed by atoms with E-state index in [4.69, 9.17) is 11.6 Å². The van der Waals surface area contributed by atoms with Gasteiger partial charge in [-0.1, -0.05) is 23.7 Å². The van der Waals surface area contributed by atoms with Crippen LogP contribution in [0.15, 0.2) is 42.6 Å². The van der Waals surface area contributed by atoms with Crippen LogP contribution >= 0.6 is 11.6 Å². The number of imide groups is 1. The molecule has 1 aliphatic rings. The number of hydrogen-bond donors (Lipinski definition) is 4. The lowest BCUT2D eigenvalue weighted by molar-refractivity contribution is -0.135. The lowest BCUT2D eigenvalue weighted by Crippen LogP contribution is -2.41. The van der Waals surface area contributed by atoms with Crippen molar-refractivity contribution < 1.29 is 19.5 Å². The van der Waals surface area contributed by atoms with Crippen molar-refractivity contribution in [2.75, 3.05) is 5.32 Å². The topological polar surface area (TPSA) is 112 Å². The highest BCUT2D eigenvalue weighted by molar-refractivity contribution is 6.31. The van der Waals surface area contributed by atoms with Crippen molar-refractivity contribution >= 4 is 45.9 Å². The average molecular weight is 441 g/mol. The first kappa shape index (κ1) is 20.7. The van der Waals surface area contributed by atoms with Gasteiger partial charge in [-0.25, -0.2) is 4.79 Å². The molecule has 4 N–H and O–H groups in total. The van der Waals surface area contributed by atoms with Crippen molar-refractivity contribution in [1.82, 2.24) is 15.2 Å². The molecule has 0 radical (unpaired) electrons. The molecule has 1 aromatic heterocycles. The molecule has 8 nitrogen and oxygen atoms in total. The highest BCUT2D eigenvalue weighted by Crippen LogP contribution is 2.33. The third kappa shape index (κ3) is 4.34. The van der Waals surface area contributed by atoms with E-state index in [0.717, 1.165) is 16.5 Å². The summed E-state index contributed by atoms with van der Waals surface area (Å²) in [5.41, 5.74) is 2.34. The second-order valence-electron chi connectivity index (χ2n) is 7.52. The van der Waals surface area contributed by atoms with E-state index in [-0.39, 0.29) is 30.8 Å². The quantitative estimate of drug-likeness (QED) is 0.464. The Kier molecular flexibility index (Phi) is 5.56. The minimum absolute atomic E-state index is 0.0296. The highest BCUT2D eigenvalue weighted by atomic mass is 35.5.